The molecule has 15 heavy (non-hydrogen) atoms. The van der Waals surface area contributed by atoms with E-state index in [0.29, 0.717) is 12.3 Å². The monoisotopic (exact) mass is 214 g/mol. The molecular formula is C12H26N2O. The van der Waals surface area contributed by atoms with Crippen LogP contribution in [0, 0.1) is 5.92 Å². The van der Waals surface area contributed by atoms with E-state index in [1.807, 2.05) is 14.1 Å². The van der Waals surface area contributed by atoms with Crippen LogP contribution in [0.3, 0.4) is 0 Å². The molecule has 3 heteroatoms. The highest BCUT2D eigenvalue weighted by atomic mass is 16.1. The Morgan fingerprint density at radius 3 is 2.47 bits per heavy atom. The first kappa shape index (κ1) is 14.4. The molecular weight excluding hydrogens is 188 g/mol. The Kier molecular flexibility index (Phi) is 8.38. The van der Waals surface area contributed by atoms with Crippen molar-refractivity contribution in [2.75, 3.05) is 27.2 Å². The molecule has 0 spiro atoms. The van der Waals surface area contributed by atoms with Crippen LogP contribution in [0.2, 0.25) is 0 Å². The molecule has 0 aromatic carbocycles. The Labute approximate surface area is 94.2 Å². The predicted octanol–water partition coefficient (Wildman–Crippen LogP) is 1.88. The van der Waals surface area contributed by atoms with Crippen LogP contribution in [0.4, 0.5) is 0 Å². The van der Waals surface area contributed by atoms with Gasteiger partial charge in [-0.25, -0.2) is 0 Å². The topological polar surface area (TPSA) is 32.3 Å². The van der Waals surface area contributed by atoms with E-state index in [9.17, 15) is 4.79 Å². The number of amides is 1. The average Bonchev–Trinajstić information content (AvgIpc) is 2.11. The lowest BCUT2D eigenvalue weighted by Gasteiger charge is -2.10. The lowest BCUT2D eigenvalue weighted by molar-refractivity contribution is -0.121. The minimum Gasteiger partial charge on any atom is -0.356 e. The van der Waals surface area contributed by atoms with E-state index < -0.39 is 0 Å². The van der Waals surface area contributed by atoms with Gasteiger partial charge in [-0.05, 0) is 39.4 Å². The van der Waals surface area contributed by atoms with Gasteiger partial charge in [-0.3, -0.25) is 4.79 Å². The summed E-state index contributed by atoms with van der Waals surface area (Å²) >= 11 is 0. The van der Waals surface area contributed by atoms with Crippen molar-refractivity contribution >= 4 is 5.91 Å². The quantitative estimate of drug-likeness (QED) is 0.626. The average molecular weight is 214 g/mol. The van der Waals surface area contributed by atoms with E-state index in [1.165, 1.54) is 0 Å². The van der Waals surface area contributed by atoms with E-state index in [-0.39, 0.29) is 5.91 Å². The molecule has 3 nitrogen and oxygen atoms in total. The highest BCUT2D eigenvalue weighted by Gasteiger charge is 2.01. The zero-order valence-electron chi connectivity index (χ0n) is 10.7. The maximum absolute atomic E-state index is 11.3. The second kappa shape index (κ2) is 8.72. The van der Waals surface area contributed by atoms with Gasteiger partial charge >= 0.3 is 0 Å². The van der Waals surface area contributed by atoms with Crippen molar-refractivity contribution in [1.29, 1.82) is 0 Å². The first-order chi connectivity index (χ1) is 7.02. The number of carbonyl (C=O) groups is 1. The minimum absolute atomic E-state index is 0.203. The summed E-state index contributed by atoms with van der Waals surface area (Å²) in [5, 5.41) is 2.95. The second-order valence-electron chi connectivity index (χ2n) is 4.79. The maximum Gasteiger partial charge on any atom is 0.219 e. The summed E-state index contributed by atoms with van der Waals surface area (Å²) in [5.41, 5.74) is 0. The summed E-state index contributed by atoms with van der Waals surface area (Å²) in [5.74, 6) is 0.904. The molecule has 0 atom stereocenters. The van der Waals surface area contributed by atoms with Gasteiger partial charge in [0.15, 0.2) is 0 Å². The van der Waals surface area contributed by atoms with Crippen molar-refractivity contribution in [3.05, 3.63) is 0 Å². The van der Waals surface area contributed by atoms with Crippen LogP contribution in [0.1, 0.15) is 39.5 Å². The van der Waals surface area contributed by atoms with Gasteiger partial charge in [0, 0.05) is 13.0 Å². The number of nitrogens with zero attached hydrogens (tertiary/aromatic N) is 1. The molecule has 0 aromatic heterocycles. The lowest BCUT2D eigenvalue weighted by atomic mass is 10.1. The van der Waals surface area contributed by atoms with Gasteiger partial charge in [-0.2, -0.15) is 0 Å². The SMILES string of the molecule is CC(C)CCCC(=O)NCCCN(C)C. The second-order valence-corrected chi connectivity index (χ2v) is 4.79. The fourth-order valence-electron chi connectivity index (χ4n) is 1.38. The summed E-state index contributed by atoms with van der Waals surface area (Å²) < 4.78 is 0. The number of rotatable bonds is 8. The van der Waals surface area contributed by atoms with Crippen molar-refractivity contribution < 1.29 is 4.79 Å². The van der Waals surface area contributed by atoms with E-state index in [4.69, 9.17) is 0 Å². The van der Waals surface area contributed by atoms with Gasteiger partial charge in [0.2, 0.25) is 5.91 Å². The molecule has 0 fully saturated rings. The molecule has 0 unspecified atom stereocenters. The number of nitrogens with one attached hydrogen (secondary N) is 1. The van der Waals surface area contributed by atoms with Gasteiger partial charge in [0.25, 0.3) is 0 Å². The van der Waals surface area contributed by atoms with Gasteiger partial charge in [0.05, 0.1) is 0 Å². The molecule has 0 aliphatic rings. The standard InChI is InChI=1S/C12H26N2O/c1-11(2)7-5-8-12(15)13-9-6-10-14(3)4/h11H,5-10H2,1-4H3,(H,13,15). The molecule has 0 bridgehead atoms. The third-order valence-corrected chi connectivity index (χ3v) is 2.29. The predicted molar refractivity (Wildman–Crippen MR) is 64.9 cm³/mol. The van der Waals surface area contributed by atoms with Crippen LogP contribution in [0.25, 0.3) is 0 Å². The van der Waals surface area contributed by atoms with E-state index in [0.717, 1.165) is 32.4 Å². The molecule has 0 rings (SSSR count). The molecule has 0 aliphatic heterocycles. The Morgan fingerprint density at radius 1 is 1.27 bits per heavy atom. The van der Waals surface area contributed by atoms with Gasteiger partial charge in [0.1, 0.15) is 0 Å². The zero-order chi connectivity index (χ0) is 11.7. The smallest absolute Gasteiger partial charge is 0.219 e. The van der Waals surface area contributed by atoms with Crippen LogP contribution >= 0.6 is 0 Å². The lowest BCUT2D eigenvalue weighted by Crippen LogP contribution is -2.26. The fourth-order valence-corrected chi connectivity index (χ4v) is 1.38. The number of hydrogen-bond donors (Lipinski definition) is 1. The maximum atomic E-state index is 11.3. The molecule has 90 valence electrons. The number of hydrogen-bond acceptors (Lipinski definition) is 2. The van der Waals surface area contributed by atoms with E-state index in [2.05, 4.69) is 24.1 Å². The first-order valence-electron chi connectivity index (χ1n) is 5.93. The Hall–Kier alpha value is -0.570. The summed E-state index contributed by atoms with van der Waals surface area (Å²) in [7, 11) is 4.09. The molecule has 0 aliphatic carbocycles. The van der Waals surface area contributed by atoms with E-state index >= 15 is 0 Å². The Bertz CT molecular complexity index is 167. The van der Waals surface area contributed by atoms with Crippen LogP contribution in [0.15, 0.2) is 0 Å². The van der Waals surface area contributed by atoms with Gasteiger partial charge in [-0.15, -0.1) is 0 Å². The summed E-state index contributed by atoms with van der Waals surface area (Å²) in [6, 6.07) is 0. The van der Waals surface area contributed by atoms with Crippen molar-refractivity contribution in [2.45, 2.75) is 39.5 Å². The van der Waals surface area contributed by atoms with Gasteiger partial charge < -0.3 is 10.2 Å². The normalized spacial score (nSPS) is 11.1. The van der Waals surface area contributed by atoms with E-state index in [1.54, 1.807) is 0 Å². The van der Waals surface area contributed by atoms with Crippen molar-refractivity contribution in [3.8, 4) is 0 Å². The van der Waals surface area contributed by atoms with Crippen molar-refractivity contribution in [2.24, 2.45) is 5.92 Å². The Morgan fingerprint density at radius 2 is 1.93 bits per heavy atom. The van der Waals surface area contributed by atoms with Crippen LogP contribution in [0.5, 0.6) is 0 Å². The van der Waals surface area contributed by atoms with Crippen molar-refractivity contribution in [1.82, 2.24) is 10.2 Å². The summed E-state index contributed by atoms with van der Waals surface area (Å²) in [4.78, 5) is 13.5. The van der Waals surface area contributed by atoms with Crippen molar-refractivity contribution in [3.63, 3.8) is 0 Å². The molecule has 1 amide bonds. The highest BCUT2D eigenvalue weighted by molar-refractivity contribution is 5.75. The molecule has 0 heterocycles. The first-order valence-corrected chi connectivity index (χ1v) is 5.93. The highest BCUT2D eigenvalue weighted by Crippen LogP contribution is 2.05. The minimum atomic E-state index is 0.203. The van der Waals surface area contributed by atoms with Crippen LogP contribution in [-0.4, -0.2) is 38.0 Å². The van der Waals surface area contributed by atoms with Gasteiger partial charge in [-0.1, -0.05) is 20.3 Å². The largest absolute Gasteiger partial charge is 0.356 e. The fraction of sp³-hybridized carbons (Fsp3) is 0.917. The summed E-state index contributed by atoms with van der Waals surface area (Å²) in [6.07, 6.45) is 3.87. The molecule has 0 radical (unpaired) electrons. The zero-order valence-corrected chi connectivity index (χ0v) is 10.7. The molecule has 1 N–H and O–H groups in total. The summed E-state index contributed by atoms with van der Waals surface area (Å²) in [6.45, 7) is 6.22. The molecule has 0 saturated carbocycles. The molecule has 0 aromatic rings. The Balaban J connectivity index is 3.26. The van der Waals surface area contributed by atoms with Crippen LogP contribution in [-0.2, 0) is 4.79 Å². The third-order valence-electron chi connectivity index (χ3n) is 2.29. The third kappa shape index (κ3) is 11.4. The van der Waals surface area contributed by atoms with Crippen LogP contribution < -0.4 is 5.32 Å². The molecule has 0 saturated heterocycles. The number of carbonyl (C=O) groups excluding carboxylic acids is 1.